The van der Waals surface area contributed by atoms with Crippen LogP contribution in [-0.2, 0) is 10.0 Å². The summed E-state index contributed by atoms with van der Waals surface area (Å²) in [5, 5.41) is 0.274. The maximum absolute atomic E-state index is 13.9. The highest BCUT2D eigenvalue weighted by Crippen LogP contribution is 2.22. The molecule has 0 radical (unpaired) electrons. The van der Waals surface area contributed by atoms with Gasteiger partial charge in [0.2, 0.25) is 10.0 Å². The van der Waals surface area contributed by atoms with Gasteiger partial charge in [-0.1, -0.05) is 37.6 Å². The zero-order valence-electron chi connectivity index (χ0n) is 15.7. The zero-order valence-corrected chi connectivity index (χ0v) is 17.3. The fourth-order valence-electron chi connectivity index (χ4n) is 3.14. The number of rotatable bonds is 4. The minimum Gasteiger partial charge on any atom is -0.336 e. The number of amides is 1. The lowest BCUT2D eigenvalue weighted by Gasteiger charge is -2.34. The Labute approximate surface area is 169 Å². The lowest BCUT2D eigenvalue weighted by Crippen LogP contribution is -2.50. The molecule has 0 bridgehead atoms. The summed E-state index contributed by atoms with van der Waals surface area (Å²) in [7, 11) is -3.63. The van der Waals surface area contributed by atoms with E-state index in [2.05, 4.69) is 0 Å². The van der Waals surface area contributed by atoms with Gasteiger partial charge in [0.05, 0.1) is 10.5 Å². The number of benzene rings is 2. The number of carbonyl (C=O) groups is 1. The molecule has 1 amide bonds. The molecule has 1 aliphatic heterocycles. The summed E-state index contributed by atoms with van der Waals surface area (Å²) >= 11 is 5.86. The van der Waals surface area contributed by atoms with Crippen molar-refractivity contribution in [3.8, 4) is 0 Å². The van der Waals surface area contributed by atoms with Crippen molar-refractivity contribution in [3.63, 3.8) is 0 Å². The SMILES string of the molecule is CC(C)c1ccc(S(=O)(=O)N2CCN(C(=O)c3cc(Cl)ccc3F)CC2)cc1. The number of sulfonamides is 1. The summed E-state index contributed by atoms with van der Waals surface area (Å²) in [5.74, 6) is -0.814. The second-order valence-electron chi connectivity index (χ2n) is 7.04. The molecule has 0 N–H and O–H groups in total. The highest BCUT2D eigenvalue weighted by Gasteiger charge is 2.31. The molecule has 0 atom stereocenters. The number of nitrogens with zero attached hydrogens (tertiary/aromatic N) is 2. The summed E-state index contributed by atoms with van der Waals surface area (Å²) in [5.41, 5.74) is 0.964. The van der Waals surface area contributed by atoms with Crippen LogP contribution in [0.15, 0.2) is 47.4 Å². The van der Waals surface area contributed by atoms with Crippen LogP contribution in [0.1, 0.15) is 35.7 Å². The van der Waals surface area contributed by atoms with E-state index in [4.69, 9.17) is 11.6 Å². The number of carbonyl (C=O) groups excluding carboxylic acids is 1. The molecule has 2 aromatic carbocycles. The van der Waals surface area contributed by atoms with Gasteiger partial charge in [0, 0.05) is 31.2 Å². The van der Waals surface area contributed by atoms with Crippen LogP contribution in [0.3, 0.4) is 0 Å². The van der Waals surface area contributed by atoms with Gasteiger partial charge in [-0.3, -0.25) is 4.79 Å². The van der Waals surface area contributed by atoms with Crippen LogP contribution >= 0.6 is 11.6 Å². The molecule has 1 fully saturated rings. The molecule has 0 unspecified atom stereocenters. The Morgan fingerprint density at radius 2 is 1.64 bits per heavy atom. The van der Waals surface area contributed by atoms with Crippen molar-refractivity contribution in [1.82, 2.24) is 9.21 Å². The lowest BCUT2D eigenvalue weighted by atomic mass is 10.0. The smallest absolute Gasteiger partial charge is 0.256 e. The van der Waals surface area contributed by atoms with Gasteiger partial charge in [-0.2, -0.15) is 4.31 Å². The molecular formula is C20H22ClFN2O3S. The Hall–Kier alpha value is -1.96. The van der Waals surface area contributed by atoms with Crippen LogP contribution in [0.25, 0.3) is 0 Å². The van der Waals surface area contributed by atoms with E-state index >= 15 is 0 Å². The molecule has 0 saturated carbocycles. The first-order valence-corrected chi connectivity index (χ1v) is 10.9. The Kier molecular flexibility index (Phi) is 6.07. The summed E-state index contributed by atoms with van der Waals surface area (Å²) in [6.07, 6.45) is 0. The van der Waals surface area contributed by atoms with Crippen LogP contribution in [-0.4, -0.2) is 49.7 Å². The van der Waals surface area contributed by atoms with Crippen molar-refractivity contribution in [1.29, 1.82) is 0 Å². The van der Waals surface area contributed by atoms with E-state index in [-0.39, 0.29) is 41.7 Å². The Morgan fingerprint density at radius 1 is 1.04 bits per heavy atom. The largest absolute Gasteiger partial charge is 0.336 e. The summed E-state index contributed by atoms with van der Waals surface area (Å²) in [6.45, 7) is 4.78. The topological polar surface area (TPSA) is 57.7 Å². The molecule has 3 rings (SSSR count). The van der Waals surface area contributed by atoms with E-state index in [9.17, 15) is 17.6 Å². The molecule has 1 heterocycles. The van der Waals surface area contributed by atoms with Gasteiger partial charge in [-0.25, -0.2) is 12.8 Å². The van der Waals surface area contributed by atoms with Crippen molar-refractivity contribution in [2.24, 2.45) is 0 Å². The van der Waals surface area contributed by atoms with E-state index < -0.39 is 21.7 Å². The molecule has 150 valence electrons. The molecule has 28 heavy (non-hydrogen) atoms. The van der Waals surface area contributed by atoms with Gasteiger partial charge in [-0.15, -0.1) is 0 Å². The van der Waals surface area contributed by atoms with Gasteiger partial charge in [-0.05, 0) is 41.8 Å². The summed E-state index contributed by atoms with van der Waals surface area (Å²) in [4.78, 5) is 14.2. The average molecular weight is 425 g/mol. The molecule has 2 aromatic rings. The normalized spacial score (nSPS) is 15.8. The number of piperazine rings is 1. The summed E-state index contributed by atoms with van der Waals surface area (Å²) < 4.78 is 41.0. The fraction of sp³-hybridized carbons (Fsp3) is 0.350. The molecule has 0 aromatic heterocycles. The van der Waals surface area contributed by atoms with E-state index in [1.807, 2.05) is 26.0 Å². The second-order valence-corrected chi connectivity index (χ2v) is 9.42. The molecule has 8 heteroatoms. The standard InChI is InChI=1S/C20H22ClFN2O3S/c1-14(2)15-3-6-17(7-4-15)28(26,27)24-11-9-23(10-12-24)20(25)18-13-16(21)5-8-19(18)22/h3-8,13-14H,9-12H2,1-2H3. The number of hydrogen-bond donors (Lipinski definition) is 0. The first-order valence-electron chi connectivity index (χ1n) is 9.04. The third kappa shape index (κ3) is 4.21. The van der Waals surface area contributed by atoms with Crippen LogP contribution in [0, 0.1) is 5.82 Å². The quantitative estimate of drug-likeness (QED) is 0.751. The highest BCUT2D eigenvalue weighted by molar-refractivity contribution is 7.89. The highest BCUT2D eigenvalue weighted by atomic mass is 35.5. The molecule has 1 saturated heterocycles. The second kappa shape index (κ2) is 8.19. The molecule has 0 aliphatic carbocycles. The minimum absolute atomic E-state index is 0.104. The minimum atomic E-state index is -3.63. The lowest BCUT2D eigenvalue weighted by molar-refractivity contribution is 0.0693. The third-order valence-electron chi connectivity index (χ3n) is 4.87. The molecular weight excluding hydrogens is 403 g/mol. The van der Waals surface area contributed by atoms with Crippen molar-refractivity contribution in [2.75, 3.05) is 26.2 Å². The Bertz CT molecular complexity index is 969. The van der Waals surface area contributed by atoms with Crippen LogP contribution in [0.2, 0.25) is 5.02 Å². The van der Waals surface area contributed by atoms with Crippen LogP contribution in [0.5, 0.6) is 0 Å². The summed E-state index contributed by atoms with van der Waals surface area (Å²) in [6, 6.07) is 10.7. The first-order chi connectivity index (χ1) is 13.2. The Balaban J connectivity index is 1.70. The van der Waals surface area contributed by atoms with Crippen molar-refractivity contribution in [2.45, 2.75) is 24.7 Å². The monoisotopic (exact) mass is 424 g/mol. The maximum atomic E-state index is 13.9. The van der Waals surface area contributed by atoms with E-state index in [1.54, 1.807) is 12.1 Å². The predicted octanol–water partition coefficient (Wildman–Crippen LogP) is 3.75. The van der Waals surface area contributed by atoms with Crippen molar-refractivity contribution in [3.05, 3.63) is 64.4 Å². The van der Waals surface area contributed by atoms with Gasteiger partial charge < -0.3 is 4.90 Å². The predicted molar refractivity (Wildman–Crippen MR) is 107 cm³/mol. The first kappa shape index (κ1) is 20.8. The zero-order chi connectivity index (χ0) is 20.5. The van der Waals surface area contributed by atoms with Crippen molar-refractivity contribution >= 4 is 27.5 Å². The number of halogens is 2. The van der Waals surface area contributed by atoms with Gasteiger partial charge >= 0.3 is 0 Å². The van der Waals surface area contributed by atoms with Crippen LogP contribution < -0.4 is 0 Å². The van der Waals surface area contributed by atoms with Gasteiger partial charge in [0.1, 0.15) is 5.82 Å². The molecule has 0 spiro atoms. The van der Waals surface area contributed by atoms with Crippen LogP contribution in [0.4, 0.5) is 4.39 Å². The van der Waals surface area contributed by atoms with Crippen molar-refractivity contribution < 1.29 is 17.6 Å². The van der Waals surface area contributed by atoms with Gasteiger partial charge in [0.25, 0.3) is 5.91 Å². The maximum Gasteiger partial charge on any atom is 0.256 e. The van der Waals surface area contributed by atoms with E-state index in [0.717, 1.165) is 11.6 Å². The molecule has 1 aliphatic rings. The van der Waals surface area contributed by atoms with E-state index in [0.29, 0.717) is 5.92 Å². The fourth-order valence-corrected chi connectivity index (χ4v) is 4.73. The Morgan fingerprint density at radius 3 is 2.21 bits per heavy atom. The molecule has 5 nitrogen and oxygen atoms in total. The third-order valence-corrected chi connectivity index (χ3v) is 7.02. The number of hydrogen-bond acceptors (Lipinski definition) is 3. The average Bonchev–Trinajstić information content (AvgIpc) is 2.69. The van der Waals surface area contributed by atoms with Gasteiger partial charge in [0.15, 0.2) is 0 Å². The van der Waals surface area contributed by atoms with E-state index in [1.165, 1.54) is 21.3 Å².